The van der Waals surface area contributed by atoms with Crippen LogP contribution in [0.4, 0.5) is 4.39 Å². The second kappa shape index (κ2) is 8.12. The maximum absolute atomic E-state index is 13.8. The van der Waals surface area contributed by atoms with Crippen molar-refractivity contribution in [2.75, 3.05) is 20.2 Å². The molecular weight excluding hydrogens is 319 g/mol. The van der Waals surface area contributed by atoms with Gasteiger partial charge in [0, 0.05) is 31.2 Å². The van der Waals surface area contributed by atoms with Crippen LogP contribution in [-0.2, 0) is 6.54 Å². The molecule has 0 bridgehead atoms. The predicted octanol–water partition coefficient (Wildman–Crippen LogP) is 3.23. The van der Waals surface area contributed by atoms with Crippen molar-refractivity contribution in [3.05, 3.63) is 65.5 Å². The standard InChI is InChI=1S/C20H23FN2O2/c1-25-19-8-7-15(13-18(19)21)14-23-11-9-17(10-12-23)22-20(24)16-5-3-2-4-6-16/h2-8,13,17H,9-12,14H2,1H3,(H,22,24). The topological polar surface area (TPSA) is 41.6 Å². The minimum Gasteiger partial charge on any atom is -0.494 e. The van der Waals surface area contributed by atoms with Gasteiger partial charge in [0.05, 0.1) is 7.11 Å². The molecule has 2 aromatic rings. The smallest absolute Gasteiger partial charge is 0.251 e. The van der Waals surface area contributed by atoms with Gasteiger partial charge in [-0.3, -0.25) is 9.69 Å². The Kier molecular flexibility index (Phi) is 5.66. The van der Waals surface area contributed by atoms with Gasteiger partial charge in [-0.15, -0.1) is 0 Å². The van der Waals surface area contributed by atoms with E-state index in [1.807, 2.05) is 36.4 Å². The van der Waals surface area contributed by atoms with E-state index in [4.69, 9.17) is 4.74 Å². The van der Waals surface area contributed by atoms with E-state index in [0.29, 0.717) is 12.1 Å². The van der Waals surface area contributed by atoms with E-state index in [-0.39, 0.29) is 23.5 Å². The van der Waals surface area contributed by atoms with Gasteiger partial charge < -0.3 is 10.1 Å². The highest BCUT2D eigenvalue weighted by Crippen LogP contribution is 2.20. The number of nitrogens with one attached hydrogen (secondary N) is 1. The number of carbonyl (C=O) groups is 1. The lowest BCUT2D eigenvalue weighted by Crippen LogP contribution is -2.44. The molecule has 0 aromatic heterocycles. The van der Waals surface area contributed by atoms with Crippen LogP contribution in [0.3, 0.4) is 0 Å². The molecule has 1 amide bonds. The van der Waals surface area contributed by atoms with Gasteiger partial charge in [-0.2, -0.15) is 0 Å². The fraction of sp³-hybridized carbons (Fsp3) is 0.350. The maximum Gasteiger partial charge on any atom is 0.251 e. The summed E-state index contributed by atoms with van der Waals surface area (Å²) in [6, 6.07) is 14.6. The zero-order valence-corrected chi connectivity index (χ0v) is 14.4. The van der Waals surface area contributed by atoms with E-state index in [2.05, 4.69) is 10.2 Å². The Morgan fingerprint density at radius 3 is 2.56 bits per heavy atom. The van der Waals surface area contributed by atoms with Crippen LogP contribution >= 0.6 is 0 Å². The zero-order chi connectivity index (χ0) is 17.6. The number of carbonyl (C=O) groups excluding carboxylic acids is 1. The monoisotopic (exact) mass is 342 g/mol. The number of nitrogens with zero attached hydrogens (tertiary/aromatic N) is 1. The molecule has 0 aliphatic carbocycles. The predicted molar refractivity (Wildman–Crippen MR) is 95.2 cm³/mol. The summed E-state index contributed by atoms with van der Waals surface area (Å²) in [5.41, 5.74) is 1.63. The first-order valence-corrected chi connectivity index (χ1v) is 8.56. The number of likely N-dealkylation sites (tertiary alicyclic amines) is 1. The Morgan fingerprint density at radius 1 is 1.20 bits per heavy atom. The lowest BCUT2D eigenvalue weighted by Gasteiger charge is -2.32. The Balaban J connectivity index is 1.49. The molecule has 3 rings (SSSR count). The van der Waals surface area contributed by atoms with Crippen molar-refractivity contribution in [3.8, 4) is 5.75 Å². The van der Waals surface area contributed by atoms with Gasteiger partial charge in [-0.1, -0.05) is 24.3 Å². The molecule has 5 heteroatoms. The second-order valence-corrected chi connectivity index (χ2v) is 6.36. The molecule has 0 unspecified atom stereocenters. The molecule has 1 aliphatic heterocycles. The molecule has 1 heterocycles. The van der Waals surface area contributed by atoms with Crippen LogP contribution in [0.5, 0.6) is 5.75 Å². The van der Waals surface area contributed by atoms with E-state index >= 15 is 0 Å². The van der Waals surface area contributed by atoms with E-state index in [9.17, 15) is 9.18 Å². The van der Waals surface area contributed by atoms with Gasteiger partial charge in [0.25, 0.3) is 5.91 Å². The van der Waals surface area contributed by atoms with Crippen molar-refractivity contribution in [3.63, 3.8) is 0 Å². The quantitative estimate of drug-likeness (QED) is 0.907. The van der Waals surface area contributed by atoms with Crippen molar-refractivity contribution in [1.29, 1.82) is 0 Å². The molecule has 4 nitrogen and oxygen atoms in total. The van der Waals surface area contributed by atoms with Gasteiger partial charge in [0.2, 0.25) is 0 Å². The number of hydrogen-bond donors (Lipinski definition) is 1. The lowest BCUT2D eigenvalue weighted by atomic mass is 10.0. The Morgan fingerprint density at radius 2 is 1.92 bits per heavy atom. The molecule has 0 radical (unpaired) electrons. The fourth-order valence-corrected chi connectivity index (χ4v) is 3.16. The van der Waals surface area contributed by atoms with Crippen molar-refractivity contribution in [2.24, 2.45) is 0 Å². The van der Waals surface area contributed by atoms with Crippen LogP contribution in [-0.4, -0.2) is 37.0 Å². The van der Waals surface area contributed by atoms with E-state index < -0.39 is 0 Å². The summed E-state index contributed by atoms with van der Waals surface area (Å²) in [5, 5.41) is 3.10. The largest absolute Gasteiger partial charge is 0.494 e. The number of benzene rings is 2. The third kappa shape index (κ3) is 4.57. The lowest BCUT2D eigenvalue weighted by molar-refractivity contribution is 0.0909. The molecule has 0 spiro atoms. The Labute approximate surface area is 147 Å². The zero-order valence-electron chi connectivity index (χ0n) is 14.4. The molecule has 0 atom stereocenters. The van der Waals surface area contributed by atoms with Gasteiger partial charge in [-0.25, -0.2) is 4.39 Å². The molecule has 25 heavy (non-hydrogen) atoms. The summed E-state index contributed by atoms with van der Waals surface area (Å²) in [4.78, 5) is 14.5. The normalized spacial score (nSPS) is 15.8. The molecule has 0 saturated carbocycles. The van der Waals surface area contributed by atoms with Crippen molar-refractivity contribution < 1.29 is 13.9 Å². The number of amides is 1. The fourth-order valence-electron chi connectivity index (χ4n) is 3.16. The SMILES string of the molecule is COc1ccc(CN2CCC(NC(=O)c3ccccc3)CC2)cc1F. The summed E-state index contributed by atoms with van der Waals surface area (Å²) < 4.78 is 18.7. The first kappa shape index (κ1) is 17.4. The molecule has 1 N–H and O–H groups in total. The Hall–Kier alpha value is -2.40. The first-order chi connectivity index (χ1) is 12.2. The first-order valence-electron chi connectivity index (χ1n) is 8.56. The minimum absolute atomic E-state index is 0.0173. The average molecular weight is 342 g/mol. The minimum atomic E-state index is -0.329. The third-order valence-electron chi connectivity index (χ3n) is 4.58. The van der Waals surface area contributed by atoms with Gasteiger partial charge in [0.15, 0.2) is 11.6 Å². The summed E-state index contributed by atoms with van der Waals surface area (Å²) in [6.07, 6.45) is 1.80. The van der Waals surface area contributed by atoms with Crippen LogP contribution in [0, 0.1) is 5.82 Å². The number of rotatable bonds is 5. The van der Waals surface area contributed by atoms with Crippen LogP contribution in [0.2, 0.25) is 0 Å². The average Bonchev–Trinajstić information content (AvgIpc) is 2.64. The molecule has 1 fully saturated rings. The van der Waals surface area contributed by atoms with Gasteiger partial charge >= 0.3 is 0 Å². The number of ether oxygens (including phenoxy) is 1. The molecule has 1 aliphatic rings. The highest BCUT2D eigenvalue weighted by Gasteiger charge is 2.21. The maximum atomic E-state index is 13.8. The number of piperidine rings is 1. The van der Waals surface area contributed by atoms with E-state index in [0.717, 1.165) is 31.5 Å². The van der Waals surface area contributed by atoms with Gasteiger partial charge in [0.1, 0.15) is 0 Å². The van der Waals surface area contributed by atoms with Crippen molar-refractivity contribution in [1.82, 2.24) is 10.2 Å². The van der Waals surface area contributed by atoms with E-state index in [1.165, 1.54) is 13.2 Å². The summed E-state index contributed by atoms with van der Waals surface area (Å²) >= 11 is 0. The van der Waals surface area contributed by atoms with Crippen LogP contribution in [0.25, 0.3) is 0 Å². The van der Waals surface area contributed by atoms with Crippen LogP contribution in [0.15, 0.2) is 48.5 Å². The Bertz CT molecular complexity index is 713. The van der Waals surface area contributed by atoms with E-state index in [1.54, 1.807) is 6.07 Å². The number of halogens is 1. The molecular formula is C20H23FN2O2. The van der Waals surface area contributed by atoms with Crippen LogP contribution in [0.1, 0.15) is 28.8 Å². The van der Waals surface area contributed by atoms with Gasteiger partial charge in [-0.05, 0) is 42.7 Å². The third-order valence-corrected chi connectivity index (χ3v) is 4.58. The number of hydrogen-bond acceptors (Lipinski definition) is 3. The highest BCUT2D eigenvalue weighted by molar-refractivity contribution is 5.94. The summed E-state index contributed by atoms with van der Waals surface area (Å²) in [7, 11) is 1.46. The van der Waals surface area contributed by atoms with Crippen molar-refractivity contribution in [2.45, 2.75) is 25.4 Å². The van der Waals surface area contributed by atoms with Crippen LogP contribution < -0.4 is 10.1 Å². The highest BCUT2D eigenvalue weighted by atomic mass is 19.1. The van der Waals surface area contributed by atoms with Crippen molar-refractivity contribution >= 4 is 5.91 Å². The second-order valence-electron chi connectivity index (χ2n) is 6.36. The molecule has 2 aromatic carbocycles. The number of methoxy groups -OCH3 is 1. The summed E-state index contributed by atoms with van der Waals surface area (Å²) in [6.45, 7) is 2.47. The summed E-state index contributed by atoms with van der Waals surface area (Å²) in [5.74, 6) is -0.0765. The molecule has 132 valence electrons. The molecule has 1 saturated heterocycles.